The molecule has 2 N–H and O–H groups in total. The summed E-state index contributed by atoms with van der Waals surface area (Å²) in [5.74, 6) is -0.475. The molecule has 2 atom stereocenters. The van der Waals surface area contributed by atoms with Gasteiger partial charge in [-0.25, -0.2) is 9.18 Å². The van der Waals surface area contributed by atoms with Crippen molar-refractivity contribution in [2.24, 2.45) is 5.92 Å². The molecule has 2 aromatic carbocycles. The van der Waals surface area contributed by atoms with E-state index in [0.717, 1.165) is 41.3 Å². The van der Waals surface area contributed by atoms with Crippen LogP contribution >= 0.6 is 0 Å². The first-order valence-electron chi connectivity index (χ1n) is 12.8. The SMILES string of the molecule is COC(=O)N[C@H](C(=O)N(CCF)CC(=O)Nc1ccc([C@H]2CCCN2c2ccc(OC)cc2)cc1)C(C)C. The highest BCUT2D eigenvalue weighted by atomic mass is 19.1. The Kier molecular flexibility index (Phi) is 10.3. The van der Waals surface area contributed by atoms with Gasteiger partial charge in [-0.05, 0) is 60.7 Å². The van der Waals surface area contributed by atoms with E-state index in [1.807, 2.05) is 36.4 Å². The maximum Gasteiger partial charge on any atom is 0.407 e. The number of hydrogen-bond acceptors (Lipinski definition) is 6. The summed E-state index contributed by atoms with van der Waals surface area (Å²) in [5.41, 5.74) is 2.84. The molecule has 0 saturated carbocycles. The molecule has 10 heteroatoms. The minimum Gasteiger partial charge on any atom is -0.497 e. The molecule has 206 valence electrons. The molecule has 1 heterocycles. The van der Waals surface area contributed by atoms with E-state index in [2.05, 4.69) is 32.4 Å². The molecule has 2 aromatic rings. The molecule has 3 rings (SSSR count). The highest BCUT2D eigenvalue weighted by molar-refractivity contribution is 5.96. The number of methoxy groups -OCH3 is 2. The molecule has 1 aliphatic rings. The number of carbonyl (C=O) groups is 3. The van der Waals surface area contributed by atoms with Gasteiger partial charge in [-0.1, -0.05) is 26.0 Å². The van der Waals surface area contributed by atoms with Gasteiger partial charge in [0.2, 0.25) is 11.8 Å². The molecular formula is C28H37FN4O5. The largest absolute Gasteiger partial charge is 0.497 e. The van der Waals surface area contributed by atoms with Crippen molar-refractivity contribution in [2.75, 3.05) is 50.7 Å². The first kappa shape index (κ1) is 28.7. The zero-order valence-electron chi connectivity index (χ0n) is 22.4. The normalized spacial score (nSPS) is 15.6. The Hall–Kier alpha value is -3.82. The first-order chi connectivity index (χ1) is 18.3. The summed E-state index contributed by atoms with van der Waals surface area (Å²) in [6, 6.07) is 14.9. The Morgan fingerprint density at radius 1 is 1.08 bits per heavy atom. The topological polar surface area (TPSA) is 100 Å². The van der Waals surface area contributed by atoms with Crippen molar-refractivity contribution in [1.29, 1.82) is 0 Å². The highest BCUT2D eigenvalue weighted by Crippen LogP contribution is 2.37. The van der Waals surface area contributed by atoms with Crippen LogP contribution in [0.2, 0.25) is 0 Å². The maximum absolute atomic E-state index is 13.2. The summed E-state index contributed by atoms with van der Waals surface area (Å²) in [4.78, 5) is 40.9. The van der Waals surface area contributed by atoms with Crippen LogP contribution in [0.25, 0.3) is 0 Å². The van der Waals surface area contributed by atoms with Crippen LogP contribution < -0.4 is 20.3 Å². The Balaban J connectivity index is 1.64. The van der Waals surface area contributed by atoms with Gasteiger partial charge in [0.05, 0.1) is 20.3 Å². The molecular weight excluding hydrogens is 491 g/mol. The van der Waals surface area contributed by atoms with E-state index < -0.39 is 30.6 Å². The smallest absolute Gasteiger partial charge is 0.407 e. The van der Waals surface area contributed by atoms with Gasteiger partial charge >= 0.3 is 6.09 Å². The number of amides is 3. The monoisotopic (exact) mass is 528 g/mol. The van der Waals surface area contributed by atoms with Gasteiger partial charge in [0.15, 0.2) is 0 Å². The third-order valence-electron chi connectivity index (χ3n) is 6.63. The quantitative estimate of drug-likeness (QED) is 0.455. The summed E-state index contributed by atoms with van der Waals surface area (Å²) >= 11 is 0. The Labute approximate surface area is 223 Å². The van der Waals surface area contributed by atoms with Crippen molar-refractivity contribution in [3.63, 3.8) is 0 Å². The predicted octanol–water partition coefficient (Wildman–Crippen LogP) is 4.15. The zero-order chi connectivity index (χ0) is 27.7. The molecule has 0 spiro atoms. The number of benzene rings is 2. The van der Waals surface area contributed by atoms with E-state index in [0.29, 0.717) is 5.69 Å². The molecule has 1 saturated heterocycles. The number of anilines is 2. The third kappa shape index (κ3) is 7.36. The van der Waals surface area contributed by atoms with Crippen LogP contribution in [0.1, 0.15) is 38.3 Å². The van der Waals surface area contributed by atoms with Crippen molar-refractivity contribution >= 4 is 29.3 Å². The minimum atomic E-state index is -0.943. The standard InChI is InChI=1S/C28H37FN4O5/c1-19(2)26(31-28(36)38-4)27(35)32(17-15-29)18-25(34)30-21-9-7-20(8-10-21)24-6-5-16-33(24)22-11-13-23(37-3)14-12-22/h7-14,19,24,26H,5-6,15-18H2,1-4H3,(H,30,34)(H,31,36)/t24-,26+/m1/s1. The maximum atomic E-state index is 13.2. The summed E-state index contributed by atoms with van der Waals surface area (Å²) in [6.45, 7) is 3.02. The second-order valence-corrected chi connectivity index (χ2v) is 9.53. The van der Waals surface area contributed by atoms with Gasteiger partial charge < -0.3 is 29.9 Å². The lowest BCUT2D eigenvalue weighted by Crippen LogP contribution is -2.53. The molecule has 38 heavy (non-hydrogen) atoms. The van der Waals surface area contributed by atoms with Gasteiger partial charge in [0, 0.05) is 24.5 Å². The Morgan fingerprint density at radius 2 is 1.76 bits per heavy atom. The minimum absolute atomic E-state index is 0.223. The summed E-state index contributed by atoms with van der Waals surface area (Å²) in [5, 5.41) is 5.25. The zero-order valence-corrected chi connectivity index (χ0v) is 22.4. The van der Waals surface area contributed by atoms with E-state index in [-0.39, 0.29) is 25.0 Å². The molecule has 3 amide bonds. The summed E-state index contributed by atoms with van der Waals surface area (Å²) < 4.78 is 23.1. The van der Waals surface area contributed by atoms with Gasteiger partial charge in [0.25, 0.3) is 0 Å². The van der Waals surface area contributed by atoms with Crippen molar-refractivity contribution in [3.05, 3.63) is 54.1 Å². The number of hydrogen-bond donors (Lipinski definition) is 2. The fourth-order valence-electron chi connectivity index (χ4n) is 4.62. The molecule has 0 radical (unpaired) electrons. The second-order valence-electron chi connectivity index (χ2n) is 9.53. The fourth-order valence-corrected chi connectivity index (χ4v) is 4.62. The fraction of sp³-hybridized carbons (Fsp3) is 0.464. The van der Waals surface area contributed by atoms with E-state index in [9.17, 15) is 18.8 Å². The number of carbonyl (C=O) groups excluding carboxylic acids is 3. The van der Waals surface area contributed by atoms with E-state index >= 15 is 0 Å². The van der Waals surface area contributed by atoms with Crippen LogP contribution in [0.3, 0.4) is 0 Å². The van der Waals surface area contributed by atoms with Crippen LogP contribution in [0.15, 0.2) is 48.5 Å². The van der Waals surface area contributed by atoms with Crippen LogP contribution in [-0.4, -0.2) is 69.4 Å². The van der Waals surface area contributed by atoms with Gasteiger partial charge in [-0.2, -0.15) is 0 Å². The number of halogens is 1. The second kappa shape index (κ2) is 13.6. The number of ether oxygens (including phenoxy) is 2. The Morgan fingerprint density at radius 3 is 2.34 bits per heavy atom. The number of alkyl carbamates (subject to hydrolysis) is 1. The first-order valence-corrected chi connectivity index (χ1v) is 12.8. The van der Waals surface area contributed by atoms with E-state index in [4.69, 9.17) is 4.74 Å². The van der Waals surface area contributed by atoms with Crippen molar-refractivity contribution < 1.29 is 28.2 Å². The van der Waals surface area contributed by atoms with E-state index in [1.165, 1.54) is 7.11 Å². The third-order valence-corrected chi connectivity index (χ3v) is 6.63. The number of nitrogens with one attached hydrogen (secondary N) is 2. The lowest BCUT2D eigenvalue weighted by atomic mass is 10.0. The molecule has 1 fully saturated rings. The molecule has 0 aliphatic carbocycles. The van der Waals surface area contributed by atoms with Gasteiger partial charge in [-0.3, -0.25) is 9.59 Å². The molecule has 9 nitrogen and oxygen atoms in total. The lowest BCUT2D eigenvalue weighted by molar-refractivity contribution is -0.137. The summed E-state index contributed by atoms with van der Waals surface area (Å²) in [6.07, 6.45) is 1.33. The van der Waals surface area contributed by atoms with Crippen LogP contribution in [-0.2, 0) is 14.3 Å². The van der Waals surface area contributed by atoms with Gasteiger partial charge in [0.1, 0.15) is 25.0 Å². The average Bonchev–Trinajstić information content (AvgIpc) is 3.41. The van der Waals surface area contributed by atoms with Crippen molar-refractivity contribution in [1.82, 2.24) is 10.2 Å². The van der Waals surface area contributed by atoms with Crippen LogP contribution in [0.4, 0.5) is 20.6 Å². The molecule has 0 unspecified atom stereocenters. The van der Waals surface area contributed by atoms with E-state index in [1.54, 1.807) is 21.0 Å². The van der Waals surface area contributed by atoms with Crippen molar-refractivity contribution in [3.8, 4) is 5.75 Å². The van der Waals surface area contributed by atoms with Crippen LogP contribution in [0, 0.1) is 5.92 Å². The molecule has 0 bridgehead atoms. The lowest BCUT2D eigenvalue weighted by Gasteiger charge is -2.28. The van der Waals surface area contributed by atoms with Crippen LogP contribution in [0.5, 0.6) is 5.75 Å². The number of nitrogens with zero attached hydrogens (tertiary/aromatic N) is 2. The van der Waals surface area contributed by atoms with Gasteiger partial charge in [-0.15, -0.1) is 0 Å². The average molecular weight is 529 g/mol. The highest BCUT2D eigenvalue weighted by Gasteiger charge is 2.30. The number of alkyl halides is 1. The number of rotatable bonds is 11. The predicted molar refractivity (Wildman–Crippen MR) is 144 cm³/mol. The Bertz CT molecular complexity index is 1080. The molecule has 0 aromatic heterocycles. The summed E-state index contributed by atoms with van der Waals surface area (Å²) in [7, 11) is 2.84. The molecule has 1 aliphatic heterocycles. The van der Waals surface area contributed by atoms with Crippen molar-refractivity contribution in [2.45, 2.75) is 38.8 Å².